The van der Waals surface area contributed by atoms with Crippen molar-refractivity contribution in [3.8, 4) is 5.75 Å². The molecule has 0 radical (unpaired) electrons. The molecule has 1 N–H and O–H groups in total. The lowest BCUT2D eigenvalue weighted by atomic mass is 10.1. The summed E-state index contributed by atoms with van der Waals surface area (Å²) in [5.41, 5.74) is 2.57. The van der Waals surface area contributed by atoms with Gasteiger partial charge in [0.2, 0.25) is 15.9 Å². The second-order valence-electron chi connectivity index (χ2n) is 6.87. The van der Waals surface area contributed by atoms with E-state index in [9.17, 15) is 13.2 Å². The quantitative estimate of drug-likeness (QED) is 0.606. The number of rotatable bonds is 9. The minimum Gasteiger partial charge on any atom is -0.491 e. The molecule has 1 atom stereocenters. The number of ether oxygens (including phenoxy) is 1. The van der Waals surface area contributed by atoms with E-state index in [2.05, 4.69) is 5.32 Å². The van der Waals surface area contributed by atoms with Gasteiger partial charge in [0.25, 0.3) is 0 Å². The number of carbonyl (C=O) groups is 1. The molecule has 0 bridgehead atoms. The molecule has 29 heavy (non-hydrogen) atoms. The van der Waals surface area contributed by atoms with Crippen LogP contribution in [0.25, 0.3) is 0 Å². The van der Waals surface area contributed by atoms with E-state index in [-0.39, 0.29) is 19.1 Å². The first kappa shape index (κ1) is 23.0. The maximum absolute atomic E-state index is 12.7. The van der Waals surface area contributed by atoms with E-state index in [1.165, 1.54) is 0 Å². The molecule has 0 aliphatic heterocycles. The predicted octanol–water partition coefficient (Wildman–Crippen LogP) is 3.70. The van der Waals surface area contributed by atoms with Gasteiger partial charge in [0.05, 0.1) is 18.5 Å². The lowest BCUT2D eigenvalue weighted by molar-refractivity contribution is -0.122. The molecule has 2 rings (SSSR count). The van der Waals surface area contributed by atoms with Gasteiger partial charge >= 0.3 is 0 Å². The molecule has 0 aromatic heterocycles. The van der Waals surface area contributed by atoms with Crippen LogP contribution in [0.1, 0.15) is 24.5 Å². The number of amides is 1. The van der Waals surface area contributed by atoms with Crippen LogP contribution in [-0.2, 0) is 14.8 Å². The molecule has 0 unspecified atom stereocenters. The molecule has 0 spiro atoms. The highest BCUT2D eigenvalue weighted by molar-refractivity contribution is 7.92. The van der Waals surface area contributed by atoms with E-state index < -0.39 is 16.1 Å². The Hall–Kier alpha value is -2.25. The molecule has 6 nitrogen and oxygen atoms in total. The van der Waals surface area contributed by atoms with Gasteiger partial charge in [-0.15, -0.1) is 0 Å². The van der Waals surface area contributed by atoms with E-state index in [0.29, 0.717) is 17.1 Å². The first-order chi connectivity index (χ1) is 13.6. The number of aryl methyl sites for hydroxylation is 2. The van der Waals surface area contributed by atoms with E-state index in [1.807, 2.05) is 32.0 Å². The maximum Gasteiger partial charge on any atom is 0.244 e. The monoisotopic (exact) mass is 438 g/mol. The van der Waals surface area contributed by atoms with Crippen LogP contribution in [0.5, 0.6) is 5.75 Å². The third-order valence-corrected chi connectivity index (χ3v) is 5.83. The minimum atomic E-state index is -3.67. The van der Waals surface area contributed by atoms with Gasteiger partial charge in [0, 0.05) is 5.02 Å². The van der Waals surface area contributed by atoms with Crippen molar-refractivity contribution in [2.75, 3.05) is 23.7 Å². The van der Waals surface area contributed by atoms with Gasteiger partial charge in [0.15, 0.2) is 0 Å². The molecule has 0 heterocycles. The van der Waals surface area contributed by atoms with Gasteiger partial charge in [-0.3, -0.25) is 9.10 Å². The van der Waals surface area contributed by atoms with Gasteiger partial charge in [0.1, 0.15) is 18.4 Å². The summed E-state index contributed by atoms with van der Waals surface area (Å²) in [6, 6.07) is 11.4. The number of hydrogen-bond donors (Lipinski definition) is 1. The smallest absolute Gasteiger partial charge is 0.244 e. The van der Waals surface area contributed by atoms with Crippen molar-refractivity contribution in [3.05, 3.63) is 58.6 Å². The maximum atomic E-state index is 12.7. The van der Waals surface area contributed by atoms with Crippen LogP contribution in [0.3, 0.4) is 0 Å². The van der Waals surface area contributed by atoms with E-state index in [4.69, 9.17) is 16.3 Å². The van der Waals surface area contributed by atoms with E-state index >= 15 is 0 Å². The van der Waals surface area contributed by atoms with Crippen molar-refractivity contribution in [2.24, 2.45) is 0 Å². The summed E-state index contributed by atoms with van der Waals surface area (Å²) in [4.78, 5) is 12.7. The van der Waals surface area contributed by atoms with Crippen molar-refractivity contribution in [1.29, 1.82) is 0 Å². The van der Waals surface area contributed by atoms with Crippen LogP contribution < -0.4 is 14.4 Å². The van der Waals surface area contributed by atoms with Crippen LogP contribution in [0, 0.1) is 13.8 Å². The predicted molar refractivity (Wildman–Crippen MR) is 117 cm³/mol. The summed E-state index contributed by atoms with van der Waals surface area (Å²) in [5, 5.41) is 3.26. The van der Waals surface area contributed by atoms with Gasteiger partial charge in [-0.05, 0) is 56.2 Å². The van der Waals surface area contributed by atoms with Gasteiger partial charge in [-0.2, -0.15) is 0 Å². The normalized spacial score (nSPS) is 12.3. The standard InChI is InChI=1S/C21H27ClN2O4S/c1-5-19(24(29(4,26)27)18-9-7-17(22)8-10-18)21(25)23-12-13-28-20-11-6-15(2)14-16(20)3/h6-11,14,19H,5,12-13H2,1-4H3,(H,23,25)/t19-/m1/s1. The molecule has 158 valence electrons. The molecule has 2 aromatic rings. The van der Waals surface area contributed by atoms with Crippen molar-refractivity contribution in [1.82, 2.24) is 5.32 Å². The number of carbonyl (C=O) groups excluding carboxylic acids is 1. The Bertz CT molecular complexity index is 946. The third kappa shape index (κ3) is 6.37. The van der Waals surface area contributed by atoms with Crippen molar-refractivity contribution >= 4 is 33.2 Å². The summed E-state index contributed by atoms with van der Waals surface area (Å²) in [7, 11) is -3.67. The number of hydrogen-bond acceptors (Lipinski definition) is 4. The Kier molecular flexibility index (Phi) is 7.93. The molecule has 8 heteroatoms. The number of anilines is 1. The number of halogens is 1. The Morgan fingerprint density at radius 1 is 1.17 bits per heavy atom. The summed E-state index contributed by atoms with van der Waals surface area (Å²) < 4.78 is 31.6. The number of nitrogens with one attached hydrogen (secondary N) is 1. The highest BCUT2D eigenvalue weighted by Gasteiger charge is 2.31. The highest BCUT2D eigenvalue weighted by Crippen LogP contribution is 2.24. The average molecular weight is 439 g/mol. The zero-order valence-electron chi connectivity index (χ0n) is 17.1. The largest absolute Gasteiger partial charge is 0.491 e. The topological polar surface area (TPSA) is 75.7 Å². The minimum absolute atomic E-state index is 0.265. The molecule has 0 saturated heterocycles. The molecule has 0 fully saturated rings. The number of benzene rings is 2. The third-order valence-electron chi connectivity index (χ3n) is 4.40. The molecule has 2 aromatic carbocycles. The van der Waals surface area contributed by atoms with E-state index in [1.54, 1.807) is 31.2 Å². The van der Waals surface area contributed by atoms with Crippen molar-refractivity contribution < 1.29 is 17.9 Å². The zero-order chi connectivity index (χ0) is 21.6. The van der Waals surface area contributed by atoms with Crippen LogP contribution in [-0.4, -0.2) is 39.8 Å². The first-order valence-corrected chi connectivity index (χ1v) is 11.6. The van der Waals surface area contributed by atoms with Crippen LogP contribution in [0.2, 0.25) is 5.02 Å². The molecule has 0 aliphatic carbocycles. The van der Waals surface area contributed by atoms with Crippen LogP contribution in [0.15, 0.2) is 42.5 Å². The zero-order valence-corrected chi connectivity index (χ0v) is 18.7. The second kappa shape index (κ2) is 9.98. The molecule has 0 aliphatic rings. The lowest BCUT2D eigenvalue weighted by Gasteiger charge is -2.30. The fourth-order valence-corrected chi connectivity index (χ4v) is 4.40. The summed E-state index contributed by atoms with van der Waals surface area (Å²) >= 11 is 5.90. The fraction of sp³-hybridized carbons (Fsp3) is 0.381. The van der Waals surface area contributed by atoms with Crippen molar-refractivity contribution in [2.45, 2.75) is 33.2 Å². The summed E-state index contributed by atoms with van der Waals surface area (Å²) in [6.45, 7) is 6.29. The average Bonchev–Trinajstić information content (AvgIpc) is 2.64. The Balaban J connectivity index is 2.04. The Labute approximate surface area is 177 Å². The van der Waals surface area contributed by atoms with Crippen LogP contribution >= 0.6 is 11.6 Å². The summed E-state index contributed by atoms with van der Waals surface area (Å²) in [6.07, 6.45) is 1.40. The van der Waals surface area contributed by atoms with Gasteiger partial charge < -0.3 is 10.1 Å². The number of nitrogens with zero attached hydrogens (tertiary/aromatic N) is 1. The second-order valence-corrected chi connectivity index (χ2v) is 9.16. The lowest BCUT2D eigenvalue weighted by Crippen LogP contribution is -2.50. The van der Waals surface area contributed by atoms with Gasteiger partial charge in [-0.25, -0.2) is 8.42 Å². The molecular formula is C21H27ClN2O4S. The van der Waals surface area contributed by atoms with E-state index in [0.717, 1.165) is 27.4 Å². The highest BCUT2D eigenvalue weighted by atomic mass is 35.5. The van der Waals surface area contributed by atoms with Crippen LogP contribution in [0.4, 0.5) is 5.69 Å². The first-order valence-electron chi connectivity index (χ1n) is 9.36. The molecule has 1 amide bonds. The SMILES string of the molecule is CC[C@H](C(=O)NCCOc1ccc(C)cc1C)N(c1ccc(Cl)cc1)S(C)(=O)=O. The summed E-state index contributed by atoms with van der Waals surface area (Å²) in [5.74, 6) is 0.382. The molecule has 0 saturated carbocycles. The fourth-order valence-electron chi connectivity index (χ4n) is 3.06. The van der Waals surface area contributed by atoms with Gasteiger partial charge in [-0.1, -0.05) is 36.2 Å². The number of sulfonamides is 1. The van der Waals surface area contributed by atoms with Crippen molar-refractivity contribution in [3.63, 3.8) is 0 Å². The Morgan fingerprint density at radius 2 is 1.83 bits per heavy atom. The Morgan fingerprint density at radius 3 is 2.38 bits per heavy atom. The molecular weight excluding hydrogens is 412 g/mol.